The van der Waals surface area contributed by atoms with Crippen molar-refractivity contribution in [2.24, 2.45) is 0 Å². The van der Waals surface area contributed by atoms with Gasteiger partial charge < -0.3 is 19.3 Å². The molecule has 2 heterocycles. The van der Waals surface area contributed by atoms with E-state index in [2.05, 4.69) is 12.1 Å². The fraction of sp³-hybridized carbons (Fsp3) is 0.333. The molecule has 0 spiro atoms. The van der Waals surface area contributed by atoms with Gasteiger partial charge in [0.1, 0.15) is 12.7 Å². The quantitative estimate of drug-likeness (QED) is 0.879. The molecule has 3 aliphatic rings. The van der Waals surface area contributed by atoms with Crippen LogP contribution in [0.25, 0.3) is 11.1 Å². The summed E-state index contributed by atoms with van der Waals surface area (Å²) in [7, 11) is 0. The van der Waals surface area contributed by atoms with Crippen LogP contribution in [0, 0.1) is 0 Å². The number of morpholine rings is 1. The van der Waals surface area contributed by atoms with Crippen molar-refractivity contribution >= 4 is 12.1 Å². The summed E-state index contributed by atoms with van der Waals surface area (Å²) in [5.74, 6) is -1.24. The van der Waals surface area contributed by atoms with E-state index in [0.717, 1.165) is 22.3 Å². The smallest absolute Gasteiger partial charge is 0.410 e. The van der Waals surface area contributed by atoms with Gasteiger partial charge in [-0.1, -0.05) is 48.5 Å². The molecule has 2 aromatic rings. The molecule has 1 N–H and O–H groups in total. The number of benzene rings is 2. The van der Waals surface area contributed by atoms with Gasteiger partial charge in [-0.3, -0.25) is 4.90 Å². The molecule has 2 saturated heterocycles. The zero-order valence-electron chi connectivity index (χ0n) is 15.0. The van der Waals surface area contributed by atoms with Crippen LogP contribution < -0.4 is 0 Å². The Labute approximate surface area is 161 Å². The highest BCUT2D eigenvalue weighted by molar-refractivity contribution is 5.81. The number of carbonyl (C=O) groups is 2. The Morgan fingerprint density at radius 2 is 1.71 bits per heavy atom. The minimum absolute atomic E-state index is 0.0753. The lowest BCUT2D eigenvalue weighted by Crippen LogP contribution is -2.57. The summed E-state index contributed by atoms with van der Waals surface area (Å²) in [4.78, 5) is 25.6. The molecule has 0 saturated carbocycles. The summed E-state index contributed by atoms with van der Waals surface area (Å²) < 4.78 is 16.4. The van der Waals surface area contributed by atoms with Gasteiger partial charge in [-0.25, -0.2) is 9.59 Å². The Morgan fingerprint density at radius 3 is 2.36 bits per heavy atom. The average Bonchev–Trinajstić information content (AvgIpc) is 3.24. The molecule has 3 atom stereocenters. The Balaban J connectivity index is 1.36. The molecule has 0 unspecified atom stereocenters. The van der Waals surface area contributed by atoms with Gasteiger partial charge in [-0.15, -0.1) is 0 Å². The van der Waals surface area contributed by atoms with Gasteiger partial charge in [0.2, 0.25) is 0 Å². The second-order valence-corrected chi connectivity index (χ2v) is 7.20. The minimum Gasteiger partial charge on any atom is -0.480 e. The van der Waals surface area contributed by atoms with Crippen molar-refractivity contribution in [3.63, 3.8) is 0 Å². The Morgan fingerprint density at radius 1 is 1.07 bits per heavy atom. The molecular weight excluding hydrogens is 362 g/mol. The highest BCUT2D eigenvalue weighted by Gasteiger charge is 2.49. The molecule has 1 aliphatic carbocycles. The molecule has 2 aromatic carbocycles. The van der Waals surface area contributed by atoms with Gasteiger partial charge >= 0.3 is 12.1 Å². The monoisotopic (exact) mass is 381 g/mol. The molecule has 1 amide bonds. The van der Waals surface area contributed by atoms with Crippen LogP contribution in [-0.2, 0) is 19.0 Å². The number of hydrogen-bond acceptors (Lipinski definition) is 5. The van der Waals surface area contributed by atoms with Crippen molar-refractivity contribution < 1.29 is 28.9 Å². The molecule has 5 rings (SSSR count). The first-order chi connectivity index (χ1) is 13.6. The van der Waals surface area contributed by atoms with E-state index in [0.29, 0.717) is 0 Å². The first-order valence-corrected chi connectivity index (χ1v) is 9.25. The van der Waals surface area contributed by atoms with Crippen molar-refractivity contribution in [3.8, 4) is 11.1 Å². The van der Waals surface area contributed by atoms with Crippen LogP contribution in [0.15, 0.2) is 48.5 Å². The molecule has 0 aromatic heterocycles. The number of carboxylic acids is 1. The van der Waals surface area contributed by atoms with E-state index in [1.807, 2.05) is 36.4 Å². The number of hydrogen-bond donors (Lipinski definition) is 1. The van der Waals surface area contributed by atoms with Gasteiger partial charge in [0.05, 0.1) is 13.2 Å². The van der Waals surface area contributed by atoms with Crippen molar-refractivity contribution in [2.75, 3.05) is 19.8 Å². The lowest BCUT2D eigenvalue weighted by molar-refractivity contribution is -0.173. The van der Waals surface area contributed by atoms with Gasteiger partial charge in [0, 0.05) is 5.92 Å². The molecule has 2 aliphatic heterocycles. The van der Waals surface area contributed by atoms with E-state index >= 15 is 0 Å². The molecule has 7 heteroatoms. The normalized spacial score (nSPS) is 25.3. The van der Waals surface area contributed by atoms with E-state index < -0.39 is 24.4 Å². The fourth-order valence-electron chi connectivity index (χ4n) is 4.33. The third kappa shape index (κ3) is 2.66. The molecule has 2 bridgehead atoms. The number of ether oxygens (including phenoxy) is 3. The SMILES string of the molecule is O=C(O)[C@H]1[C@@H]2OC[C@H](CN1C(=O)OCC1c3ccccc3-c3ccccc31)O2. The summed E-state index contributed by atoms with van der Waals surface area (Å²) in [5, 5.41) is 9.51. The van der Waals surface area contributed by atoms with Crippen LogP contribution in [0.2, 0.25) is 0 Å². The molecule has 28 heavy (non-hydrogen) atoms. The summed E-state index contributed by atoms with van der Waals surface area (Å²) in [5.41, 5.74) is 4.49. The summed E-state index contributed by atoms with van der Waals surface area (Å²) in [6.07, 6.45) is -1.92. The van der Waals surface area contributed by atoms with Gasteiger partial charge in [-0.2, -0.15) is 0 Å². The predicted octanol–water partition coefficient (Wildman–Crippen LogP) is 2.45. The van der Waals surface area contributed by atoms with Crippen LogP contribution >= 0.6 is 0 Å². The van der Waals surface area contributed by atoms with Crippen molar-refractivity contribution in [3.05, 3.63) is 59.7 Å². The first-order valence-electron chi connectivity index (χ1n) is 9.25. The summed E-state index contributed by atoms with van der Waals surface area (Å²) in [6, 6.07) is 14.9. The highest BCUT2D eigenvalue weighted by Crippen LogP contribution is 2.44. The van der Waals surface area contributed by atoms with E-state index in [-0.39, 0.29) is 31.8 Å². The number of amides is 1. The number of nitrogens with zero attached hydrogens (tertiary/aromatic N) is 1. The van der Waals surface area contributed by atoms with Crippen LogP contribution in [0.5, 0.6) is 0 Å². The predicted molar refractivity (Wildman–Crippen MR) is 97.8 cm³/mol. The fourth-order valence-corrected chi connectivity index (χ4v) is 4.33. The van der Waals surface area contributed by atoms with Crippen LogP contribution in [0.4, 0.5) is 4.79 Å². The third-order valence-electron chi connectivity index (χ3n) is 5.59. The minimum atomic E-state index is -1.20. The number of fused-ring (bicyclic) bond motifs is 5. The number of carboxylic acid groups (broad SMARTS) is 1. The van der Waals surface area contributed by atoms with Crippen molar-refractivity contribution in [2.45, 2.75) is 24.4 Å². The topological polar surface area (TPSA) is 85.3 Å². The Bertz CT molecular complexity index is 898. The molecule has 7 nitrogen and oxygen atoms in total. The van der Waals surface area contributed by atoms with Crippen molar-refractivity contribution in [1.82, 2.24) is 4.90 Å². The van der Waals surface area contributed by atoms with E-state index in [1.54, 1.807) is 0 Å². The Hall–Kier alpha value is -2.90. The maximum Gasteiger partial charge on any atom is 0.410 e. The molecular formula is C21H19NO6. The van der Waals surface area contributed by atoms with Gasteiger partial charge in [0.15, 0.2) is 12.3 Å². The first kappa shape index (κ1) is 17.2. The molecule has 0 radical (unpaired) electrons. The molecule has 144 valence electrons. The number of carbonyl (C=O) groups excluding carboxylic acids is 1. The number of rotatable bonds is 3. The average molecular weight is 381 g/mol. The second-order valence-electron chi connectivity index (χ2n) is 7.20. The Kier molecular flexibility index (Phi) is 4.07. The largest absolute Gasteiger partial charge is 0.480 e. The van der Waals surface area contributed by atoms with Crippen LogP contribution in [0.3, 0.4) is 0 Å². The van der Waals surface area contributed by atoms with Crippen LogP contribution in [-0.4, -0.2) is 60.3 Å². The maximum atomic E-state index is 12.7. The zero-order chi connectivity index (χ0) is 19.3. The van der Waals surface area contributed by atoms with Gasteiger partial charge in [0.25, 0.3) is 0 Å². The molecule has 2 fully saturated rings. The summed E-state index contributed by atoms with van der Waals surface area (Å²) in [6.45, 7) is 0.568. The van der Waals surface area contributed by atoms with E-state index in [9.17, 15) is 14.7 Å². The lowest BCUT2D eigenvalue weighted by Gasteiger charge is -2.35. The van der Waals surface area contributed by atoms with E-state index in [4.69, 9.17) is 14.2 Å². The zero-order valence-corrected chi connectivity index (χ0v) is 15.0. The second kappa shape index (κ2) is 6.61. The maximum absolute atomic E-state index is 12.7. The third-order valence-corrected chi connectivity index (χ3v) is 5.59. The van der Waals surface area contributed by atoms with Crippen molar-refractivity contribution in [1.29, 1.82) is 0 Å². The van der Waals surface area contributed by atoms with E-state index in [1.165, 1.54) is 4.90 Å². The van der Waals surface area contributed by atoms with Gasteiger partial charge in [-0.05, 0) is 22.3 Å². The standard InChI is InChI=1S/C21H19NO6/c23-19(24)18-20-26-10-12(28-20)9-22(18)21(25)27-11-17-15-7-3-1-5-13(15)14-6-2-4-8-16(14)17/h1-8,12,17-18,20H,9-11H2,(H,23,24)/t12-,18-,20+/m0/s1. The summed E-state index contributed by atoms with van der Waals surface area (Å²) >= 11 is 0. The number of aliphatic carboxylic acids is 1. The highest BCUT2D eigenvalue weighted by atomic mass is 16.7. The van der Waals surface area contributed by atoms with Crippen LogP contribution in [0.1, 0.15) is 17.0 Å². The lowest BCUT2D eigenvalue weighted by atomic mass is 9.98.